The SMILES string of the molecule is CC1CCCN(c2ncnc(Nc3nc4ccccc4s3)c2[N+](=O)[O-])C1. The Hall–Kier alpha value is -2.81. The van der Waals surface area contributed by atoms with Gasteiger partial charge in [0, 0.05) is 13.1 Å². The molecule has 0 aliphatic carbocycles. The predicted octanol–water partition coefficient (Wildman–Crippen LogP) is 3.97. The van der Waals surface area contributed by atoms with E-state index in [0.717, 1.165) is 36.1 Å². The first-order valence-electron chi connectivity index (χ1n) is 8.49. The molecule has 1 fully saturated rings. The van der Waals surface area contributed by atoms with Crippen molar-refractivity contribution in [3.63, 3.8) is 0 Å². The van der Waals surface area contributed by atoms with Crippen LogP contribution in [0.15, 0.2) is 30.6 Å². The molecule has 9 heteroatoms. The van der Waals surface area contributed by atoms with Gasteiger partial charge in [-0.1, -0.05) is 30.4 Å². The maximum absolute atomic E-state index is 11.8. The highest BCUT2D eigenvalue weighted by Crippen LogP contribution is 2.36. The van der Waals surface area contributed by atoms with Gasteiger partial charge in [-0.3, -0.25) is 10.1 Å². The van der Waals surface area contributed by atoms with Gasteiger partial charge in [-0.25, -0.2) is 15.0 Å². The topological polar surface area (TPSA) is 97.1 Å². The smallest absolute Gasteiger partial charge is 0.350 e. The second-order valence-electron chi connectivity index (χ2n) is 6.46. The van der Waals surface area contributed by atoms with E-state index in [1.165, 1.54) is 17.7 Å². The number of para-hydroxylation sites is 1. The fourth-order valence-corrected chi connectivity index (χ4v) is 4.13. The molecule has 1 aliphatic rings. The summed E-state index contributed by atoms with van der Waals surface area (Å²) in [6.45, 7) is 3.68. The Labute approximate surface area is 154 Å². The highest BCUT2D eigenvalue weighted by Gasteiger charge is 2.29. The van der Waals surface area contributed by atoms with Crippen LogP contribution in [-0.2, 0) is 0 Å². The van der Waals surface area contributed by atoms with Crippen LogP contribution in [0.2, 0.25) is 0 Å². The number of fused-ring (bicyclic) bond motifs is 1. The molecule has 1 saturated heterocycles. The zero-order valence-electron chi connectivity index (χ0n) is 14.3. The van der Waals surface area contributed by atoms with Crippen molar-refractivity contribution in [2.45, 2.75) is 19.8 Å². The largest absolute Gasteiger partial charge is 0.353 e. The van der Waals surface area contributed by atoms with Crippen LogP contribution in [0.4, 0.5) is 22.5 Å². The van der Waals surface area contributed by atoms with E-state index < -0.39 is 4.92 Å². The number of anilines is 3. The number of piperidine rings is 1. The van der Waals surface area contributed by atoms with Crippen LogP contribution in [0, 0.1) is 16.0 Å². The minimum absolute atomic E-state index is 0.0964. The first-order valence-corrected chi connectivity index (χ1v) is 9.30. The summed E-state index contributed by atoms with van der Waals surface area (Å²) in [6.07, 6.45) is 3.51. The molecule has 26 heavy (non-hydrogen) atoms. The molecular weight excluding hydrogens is 352 g/mol. The van der Waals surface area contributed by atoms with Crippen molar-refractivity contribution < 1.29 is 4.92 Å². The third-order valence-corrected chi connectivity index (χ3v) is 5.41. The Morgan fingerprint density at radius 2 is 2.19 bits per heavy atom. The Balaban J connectivity index is 1.71. The maximum atomic E-state index is 11.8. The van der Waals surface area contributed by atoms with E-state index in [9.17, 15) is 10.1 Å². The number of nitro groups is 1. The zero-order chi connectivity index (χ0) is 18.1. The van der Waals surface area contributed by atoms with Gasteiger partial charge in [0.1, 0.15) is 6.33 Å². The molecule has 1 aliphatic heterocycles. The van der Waals surface area contributed by atoms with Crippen molar-refractivity contribution >= 4 is 44.0 Å². The van der Waals surface area contributed by atoms with E-state index >= 15 is 0 Å². The Kier molecular flexibility index (Phi) is 4.37. The summed E-state index contributed by atoms with van der Waals surface area (Å²) in [4.78, 5) is 26.2. The average molecular weight is 370 g/mol. The summed E-state index contributed by atoms with van der Waals surface area (Å²) in [5.74, 6) is 1.04. The van der Waals surface area contributed by atoms with E-state index in [0.29, 0.717) is 16.9 Å². The molecule has 3 aromatic rings. The standard InChI is InChI=1S/C17H18N6O2S/c1-11-5-4-8-22(9-11)16-14(23(24)25)15(18-10-19-16)21-17-20-12-6-2-3-7-13(12)26-17/h2-3,6-7,10-11H,4-5,8-9H2,1H3,(H,18,19,20,21). The van der Waals surface area contributed by atoms with Crippen molar-refractivity contribution in [1.82, 2.24) is 15.0 Å². The number of benzene rings is 1. The molecule has 3 heterocycles. The fourth-order valence-electron chi connectivity index (χ4n) is 3.27. The number of aromatic nitrogens is 3. The van der Waals surface area contributed by atoms with Crippen LogP contribution in [0.1, 0.15) is 19.8 Å². The summed E-state index contributed by atoms with van der Waals surface area (Å²) in [7, 11) is 0. The molecule has 4 rings (SSSR count). The van der Waals surface area contributed by atoms with Gasteiger partial charge in [0.05, 0.1) is 15.1 Å². The van der Waals surface area contributed by atoms with E-state index in [4.69, 9.17) is 0 Å². The van der Waals surface area contributed by atoms with Gasteiger partial charge in [-0.05, 0) is 30.9 Å². The average Bonchev–Trinajstić information content (AvgIpc) is 3.03. The first-order chi connectivity index (χ1) is 12.6. The van der Waals surface area contributed by atoms with Crippen LogP contribution in [0.5, 0.6) is 0 Å². The van der Waals surface area contributed by atoms with Gasteiger partial charge < -0.3 is 10.2 Å². The molecule has 0 radical (unpaired) electrons. The predicted molar refractivity (Wildman–Crippen MR) is 102 cm³/mol. The third-order valence-electron chi connectivity index (χ3n) is 4.46. The third kappa shape index (κ3) is 3.17. The molecule has 134 valence electrons. The molecule has 1 aromatic carbocycles. The number of hydrogen-bond donors (Lipinski definition) is 1. The van der Waals surface area contributed by atoms with Crippen LogP contribution in [0.3, 0.4) is 0 Å². The molecule has 1 N–H and O–H groups in total. The van der Waals surface area contributed by atoms with Crippen LogP contribution >= 0.6 is 11.3 Å². The summed E-state index contributed by atoms with van der Waals surface area (Å²) in [5.41, 5.74) is 0.752. The van der Waals surface area contributed by atoms with E-state index in [-0.39, 0.29) is 11.5 Å². The zero-order valence-corrected chi connectivity index (χ0v) is 15.1. The van der Waals surface area contributed by atoms with Gasteiger partial charge in [0.15, 0.2) is 5.13 Å². The highest BCUT2D eigenvalue weighted by atomic mass is 32.1. The molecule has 0 amide bonds. The number of nitrogens with zero attached hydrogens (tertiary/aromatic N) is 5. The molecule has 8 nitrogen and oxygen atoms in total. The van der Waals surface area contributed by atoms with E-state index in [1.807, 2.05) is 29.2 Å². The minimum Gasteiger partial charge on any atom is -0.350 e. The molecular formula is C17H18N6O2S. The number of rotatable bonds is 4. The Bertz CT molecular complexity index is 926. The van der Waals surface area contributed by atoms with Crippen LogP contribution < -0.4 is 10.2 Å². The van der Waals surface area contributed by atoms with Crippen molar-refractivity contribution in [2.75, 3.05) is 23.3 Å². The number of thiazole rings is 1. The van der Waals surface area contributed by atoms with E-state index in [2.05, 4.69) is 27.2 Å². The van der Waals surface area contributed by atoms with Crippen molar-refractivity contribution in [1.29, 1.82) is 0 Å². The highest BCUT2D eigenvalue weighted by molar-refractivity contribution is 7.22. The quantitative estimate of drug-likeness (QED) is 0.548. The van der Waals surface area contributed by atoms with Gasteiger partial charge in [-0.2, -0.15) is 0 Å². The second-order valence-corrected chi connectivity index (χ2v) is 7.49. The molecule has 1 atom stereocenters. The van der Waals surface area contributed by atoms with Crippen LogP contribution in [-0.4, -0.2) is 33.0 Å². The normalized spacial score (nSPS) is 17.4. The monoisotopic (exact) mass is 370 g/mol. The molecule has 0 spiro atoms. The van der Waals surface area contributed by atoms with Gasteiger partial charge in [0.2, 0.25) is 11.6 Å². The molecule has 1 unspecified atom stereocenters. The summed E-state index contributed by atoms with van der Waals surface area (Å²) >= 11 is 1.44. The second kappa shape index (κ2) is 6.83. The summed E-state index contributed by atoms with van der Waals surface area (Å²) in [5, 5.41) is 15.4. The van der Waals surface area contributed by atoms with Crippen molar-refractivity contribution in [3.05, 3.63) is 40.7 Å². The molecule has 0 saturated carbocycles. The number of hydrogen-bond acceptors (Lipinski definition) is 8. The summed E-state index contributed by atoms with van der Waals surface area (Å²) in [6, 6.07) is 7.72. The Morgan fingerprint density at radius 3 is 2.96 bits per heavy atom. The molecule has 0 bridgehead atoms. The minimum atomic E-state index is -0.412. The lowest BCUT2D eigenvalue weighted by atomic mass is 10.0. The molecule has 2 aromatic heterocycles. The fraction of sp³-hybridized carbons (Fsp3) is 0.353. The first kappa shape index (κ1) is 16.6. The van der Waals surface area contributed by atoms with Gasteiger partial charge >= 0.3 is 5.69 Å². The lowest BCUT2D eigenvalue weighted by Gasteiger charge is -2.31. The lowest BCUT2D eigenvalue weighted by molar-refractivity contribution is -0.383. The number of nitrogens with one attached hydrogen (secondary N) is 1. The van der Waals surface area contributed by atoms with Crippen molar-refractivity contribution in [2.24, 2.45) is 5.92 Å². The maximum Gasteiger partial charge on any atom is 0.353 e. The summed E-state index contributed by atoms with van der Waals surface area (Å²) < 4.78 is 1.01. The van der Waals surface area contributed by atoms with Gasteiger partial charge in [0.25, 0.3) is 0 Å². The van der Waals surface area contributed by atoms with Crippen LogP contribution in [0.25, 0.3) is 10.2 Å². The van der Waals surface area contributed by atoms with Gasteiger partial charge in [-0.15, -0.1) is 0 Å². The Morgan fingerprint density at radius 1 is 1.35 bits per heavy atom. The lowest BCUT2D eigenvalue weighted by Crippen LogP contribution is -2.35. The van der Waals surface area contributed by atoms with E-state index in [1.54, 1.807) is 0 Å². The van der Waals surface area contributed by atoms with Crippen molar-refractivity contribution in [3.8, 4) is 0 Å².